The normalized spacial score (nSPS) is 25.8. The minimum Gasteiger partial charge on any atom is -0.492 e. The molecule has 2 aromatic carbocycles. The molecular formula is C24H18N2O3. The van der Waals surface area contributed by atoms with Gasteiger partial charge in [0, 0.05) is 46.6 Å². The highest BCUT2D eigenvalue weighted by Gasteiger charge is 2.67. The molecule has 2 fully saturated rings. The summed E-state index contributed by atoms with van der Waals surface area (Å²) >= 11 is 0. The monoisotopic (exact) mass is 382 g/mol. The average molecular weight is 382 g/mol. The molecule has 2 atom stereocenters. The van der Waals surface area contributed by atoms with Gasteiger partial charge in [0.2, 0.25) is 0 Å². The van der Waals surface area contributed by atoms with E-state index in [2.05, 4.69) is 17.1 Å². The molecule has 1 spiro atoms. The number of benzene rings is 2. The molecule has 5 nitrogen and oxygen atoms in total. The second kappa shape index (κ2) is 4.98. The third kappa shape index (κ3) is 1.81. The molecule has 0 unspecified atom stereocenters. The Morgan fingerprint density at radius 2 is 2.10 bits per heavy atom. The lowest BCUT2D eigenvalue weighted by atomic mass is 9.81. The summed E-state index contributed by atoms with van der Waals surface area (Å²) in [4.78, 5) is 31.3. The molecule has 2 aliphatic heterocycles. The topological polar surface area (TPSA) is 62.4 Å². The van der Waals surface area contributed by atoms with Crippen LogP contribution in [0.2, 0.25) is 0 Å². The summed E-state index contributed by atoms with van der Waals surface area (Å²) in [7, 11) is 0. The Morgan fingerprint density at radius 3 is 3.03 bits per heavy atom. The highest BCUT2D eigenvalue weighted by molar-refractivity contribution is 6.10. The fourth-order valence-corrected chi connectivity index (χ4v) is 5.69. The largest absolute Gasteiger partial charge is 0.492 e. The summed E-state index contributed by atoms with van der Waals surface area (Å²) in [5.41, 5.74) is 5.23. The highest BCUT2D eigenvalue weighted by atomic mass is 16.5. The summed E-state index contributed by atoms with van der Waals surface area (Å²) < 4.78 is 5.79. The maximum Gasteiger partial charge on any atom is 0.274 e. The number of aromatic nitrogens is 1. The first-order valence-corrected chi connectivity index (χ1v) is 10.1. The van der Waals surface area contributed by atoms with Gasteiger partial charge < -0.3 is 14.6 Å². The molecule has 5 heteroatoms. The first-order chi connectivity index (χ1) is 14.2. The highest BCUT2D eigenvalue weighted by Crippen LogP contribution is 2.66. The second-order valence-corrected chi connectivity index (χ2v) is 8.52. The number of ketones is 1. The Kier molecular flexibility index (Phi) is 2.67. The van der Waals surface area contributed by atoms with E-state index in [9.17, 15) is 9.59 Å². The number of nitrogens with one attached hydrogen (secondary N) is 1. The van der Waals surface area contributed by atoms with Crippen molar-refractivity contribution in [1.82, 2.24) is 9.88 Å². The molecule has 3 heterocycles. The van der Waals surface area contributed by atoms with E-state index in [4.69, 9.17) is 4.74 Å². The van der Waals surface area contributed by atoms with E-state index in [1.807, 2.05) is 35.2 Å². The molecule has 0 radical (unpaired) electrons. The molecule has 1 saturated heterocycles. The number of rotatable bonds is 1. The lowest BCUT2D eigenvalue weighted by Gasteiger charge is -2.29. The lowest BCUT2D eigenvalue weighted by molar-refractivity contribution is 0.0806. The summed E-state index contributed by atoms with van der Waals surface area (Å²) in [6, 6.07) is 13.8. The Bertz CT molecular complexity index is 1300. The molecular weight excluding hydrogens is 364 g/mol. The van der Waals surface area contributed by atoms with Crippen LogP contribution in [0.15, 0.2) is 54.2 Å². The van der Waals surface area contributed by atoms with Crippen LogP contribution in [0.1, 0.15) is 38.4 Å². The van der Waals surface area contributed by atoms with Gasteiger partial charge in [0.15, 0.2) is 5.78 Å². The molecule has 29 heavy (non-hydrogen) atoms. The van der Waals surface area contributed by atoms with Gasteiger partial charge in [0.05, 0.1) is 6.61 Å². The van der Waals surface area contributed by atoms with Crippen molar-refractivity contribution >= 4 is 22.6 Å². The molecule has 142 valence electrons. The molecule has 1 amide bonds. The Morgan fingerprint density at radius 1 is 1.21 bits per heavy atom. The van der Waals surface area contributed by atoms with Crippen molar-refractivity contribution in [2.75, 3.05) is 13.2 Å². The number of carbonyl (C=O) groups excluding carboxylic acids is 2. The number of hydrogen-bond donors (Lipinski definition) is 1. The average Bonchev–Trinajstić information content (AvgIpc) is 3.11. The standard InChI is InChI=1S/C24H18N2O3/c27-20-10-21-24(17-4-2-1-3-15(17)20)11-14(24)12-26(21)23(28)19-9-16-18(25-19)6-5-13-7-8-29-22(13)16/h1-6,9-10,14,25H,7-8,11-12H2/t14-,24-/m1/s1. The van der Waals surface area contributed by atoms with Gasteiger partial charge in [-0.2, -0.15) is 0 Å². The number of fused-ring (bicyclic) bond motifs is 4. The smallest absolute Gasteiger partial charge is 0.274 e. The van der Waals surface area contributed by atoms with Crippen LogP contribution in [0.25, 0.3) is 10.9 Å². The molecule has 1 N–H and O–H groups in total. The number of H-pyrrole nitrogens is 1. The van der Waals surface area contributed by atoms with Gasteiger partial charge in [-0.1, -0.05) is 30.3 Å². The van der Waals surface area contributed by atoms with E-state index < -0.39 is 0 Å². The molecule has 1 aromatic heterocycles. The number of amides is 1. The fraction of sp³-hybridized carbons (Fsp3) is 0.250. The zero-order valence-electron chi connectivity index (χ0n) is 15.7. The number of likely N-dealkylation sites (tertiary alicyclic amines) is 1. The molecule has 2 aliphatic carbocycles. The molecule has 0 bridgehead atoms. The van der Waals surface area contributed by atoms with Crippen molar-refractivity contribution < 1.29 is 14.3 Å². The van der Waals surface area contributed by atoms with Crippen LogP contribution in [-0.4, -0.2) is 34.7 Å². The third-order valence-corrected chi connectivity index (χ3v) is 7.13. The molecule has 1 saturated carbocycles. The molecule has 7 rings (SSSR count). The van der Waals surface area contributed by atoms with Crippen LogP contribution in [0.5, 0.6) is 5.75 Å². The predicted octanol–water partition coefficient (Wildman–Crippen LogP) is 3.60. The van der Waals surface area contributed by atoms with Crippen molar-refractivity contribution in [1.29, 1.82) is 0 Å². The van der Waals surface area contributed by atoms with E-state index >= 15 is 0 Å². The van der Waals surface area contributed by atoms with Crippen LogP contribution in [-0.2, 0) is 11.8 Å². The number of hydrogen-bond acceptors (Lipinski definition) is 3. The molecule has 3 aromatic rings. The predicted molar refractivity (Wildman–Crippen MR) is 107 cm³/mol. The van der Waals surface area contributed by atoms with Gasteiger partial charge in [-0.25, -0.2) is 0 Å². The van der Waals surface area contributed by atoms with Crippen LogP contribution < -0.4 is 4.74 Å². The van der Waals surface area contributed by atoms with Crippen molar-refractivity contribution in [3.8, 4) is 5.75 Å². The molecule has 4 aliphatic rings. The van der Waals surface area contributed by atoms with Gasteiger partial charge in [0.1, 0.15) is 11.4 Å². The van der Waals surface area contributed by atoms with E-state index in [-0.39, 0.29) is 17.1 Å². The number of ether oxygens (including phenoxy) is 1. The summed E-state index contributed by atoms with van der Waals surface area (Å²) in [5.74, 6) is 1.20. The van der Waals surface area contributed by atoms with Gasteiger partial charge in [-0.15, -0.1) is 0 Å². The SMILES string of the molecule is O=C1C=C2N(C(=O)c3cc4c5c(ccc4[nH]3)CCO5)C[C@H]3C[C@@]23c2ccccc21. The fourth-order valence-electron chi connectivity index (χ4n) is 5.69. The quantitative estimate of drug-likeness (QED) is 0.700. The van der Waals surface area contributed by atoms with Gasteiger partial charge in [0.25, 0.3) is 5.91 Å². The zero-order chi connectivity index (χ0) is 19.3. The summed E-state index contributed by atoms with van der Waals surface area (Å²) in [6.45, 7) is 1.35. The Balaban J connectivity index is 1.32. The lowest BCUT2D eigenvalue weighted by Crippen LogP contribution is -2.33. The number of piperidine rings is 1. The van der Waals surface area contributed by atoms with Crippen LogP contribution in [0, 0.1) is 5.92 Å². The van der Waals surface area contributed by atoms with Crippen molar-refractivity contribution in [2.45, 2.75) is 18.3 Å². The van der Waals surface area contributed by atoms with Crippen molar-refractivity contribution in [3.63, 3.8) is 0 Å². The minimum absolute atomic E-state index is 0.00515. The van der Waals surface area contributed by atoms with E-state index in [0.29, 0.717) is 24.8 Å². The van der Waals surface area contributed by atoms with Gasteiger partial charge in [-0.05, 0) is 35.6 Å². The van der Waals surface area contributed by atoms with E-state index in [0.717, 1.165) is 46.3 Å². The number of nitrogens with zero attached hydrogens (tertiary/aromatic N) is 1. The van der Waals surface area contributed by atoms with Gasteiger partial charge >= 0.3 is 0 Å². The van der Waals surface area contributed by atoms with Crippen LogP contribution in [0.3, 0.4) is 0 Å². The second-order valence-electron chi connectivity index (χ2n) is 8.52. The maximum atomic E-state index is 13.5. The maximum absolute atomic E-state index is 13.5. The number of carbonyl (C=O) groups is 2. The van der Waals surface area contributed by atoms with E-state index in [1.54, 1.807) is 6.08 Å². The summed E-state index contributed by atoms with van der Waals surface area (Å²) in [6.07, 6.45) is 3.61. The first-order valence-electron chi connectivity index (χ1n) is 10.1. The minimum atomic E-state index is -0.156. The number of allylic oxidation sites excluding steroid dienone is 2. The zero-order valence-corrected chi connectivity index (χ0v) is 15.7. The van der Waals surface area contributed by atoms with Gasteiger partial charge in [-0.3, -0.25) is 9.59 Å². The van der Waals surface area contributed by atoms with Crippen LogP contribution >= 0.6 is 0 Å². The Hall–Kier alpha value is -3.34. The first kappa shape index (κ1) is 15.6. The summed E-state index contributed by atoms with van der Waals surface area (Å²) in [5, 5.41) is 0.960. The van der Waals surface area contributed by atoms with Crippen LogP contribution in [0.4, 0.5) is 0 Å². The van der Waals surface area contributed by atoms with Crippen molar-refractivity contribution in [2.24, 2.45) is 5.92 Å². The van der Waals surface area contributed by atoms with Crippen molar-refractivity contribution in [3.05, 3.63) is 76.6 Å². The van der Waals surface area contributed by atoms with E-state index in [1.165, 1.54) is 5.56 Å². The number of aromatic amines is 1. The Labute approximate surface area is 167 Å². The third-order valence-electron chi connectivity index (χ3n) is 7.13.